The highest BCUT2D eigenvalue weighted by atomic mass is 32.2. The number of oxime groups is 1. The lowest BCUT2D eigenvalue weighted by Crippen LogP contribution is -2.71. The predicted octanol–water partition coefficient (Wildman–Crippen LogP) is -1.97. The lowest BCUT2D eigenvalue weighted by molar-refractivity contribution is -0.688. The number of aliphatic hydroxyl groups excluding tert-OH is 1. The molecule has 2 aliphatic heterocycles. The molecular formula is C24H25N9O6S2. The Morgan fingerprint density at radius 2 is 2.20 bits per heavy atom. The molecule has 0 radical (unpaired) electrons. The van der Waals surface area contributed by atoms with Gasteiger partial charge in [-0.25, -0.2) is 19.2 Å². The molecular weight excluding hydrogens is 574 g/mol. The van der Waals surface area contributed by atoms with E-state index in [9.17, 15) is 24.6 Å². The second kappa shape index (κ2) is 11.6. The second-order valence-corrected chi connectivity index (χ2v) is 11.0. The molecule has 0 spiro atoms. The first-order valence-corrected chi connectivity index (χ1v) is 14.2. The number of hydrogen-bond donors (Lipinski definition) is 3. The molecule has 41 heavy (non-hydrogen) atoms. The molecule has 2 atom stereocenters. The highest BCUT2D eigenvalue weighted by Crippen LogP contribution is 2.40. The molecule has 0 aliphatic carbocycles. The minimum Gasteiger partial charge on any atom is -0.543 e. The molecule has 214 valence electrons. The van der Waals surface area contributed by atoms with E-state index in [1.54, 1.807) is 34.6 Å². The number of carboxylic acids is 1. The molecule has 3 aromatic rings. The van der Waals surface area contributed by atoms with Gasteiger partial charge in [-0.1, -0.05) is 5.16 Å². The monoisotopic (exact) mass is 599 g/mol. The van der Waals surface area contributed by atoms with Gasteiger partial charge in [0.15, 0.2) is 35.6 Å². The number of amides is 2. The minimum atomic E-state index is -1.49. The van der Waals surface area contributed by atoms with Gasteiger partial charge < -0.3 is 30.9 Å². The van der Waals surface area contributed by atoms with Gasteiger partial charge in [0.1, 0.15) is 30.0 Å². The topological polar surface area (TPSA) is 205 Å². The van der Waals surface area contributed by atoms with E-state index >= 15 is 0 Å². The van der Waals surface area contributed by atoms with E-state index in [4.69, 9.17) is 10.6 Å². The van der Waals surface area contributed by atoms with Gasteiger partial charge in [-0.15, -0.1) is 23.1 Å². The van der Waals surface area contributed by atoms with E-state index in [0.717, 1.165) is 16.2 Å². The lowest BCUT2D eigenvalue weighted by Gasteiger charge is -2.50. The maximum absolute atomic E-state index is 13.1. The largest absolute Gasteiger partial charge is 0.543 e. The minimum absolute atomic E-state index is 0.0696. The summed E-state index contributed by atoms with van der Waals surface area (Å²) in [6.07, 6.45) is 3.54. The summed E-state index contributed by atoms with van der Waals surface area (Å²) in [5, 5.41) is 33.3. The van der Waals surface area contributed by atoms with Gasteiger partial charge in [-0.05, 0) is 13.0 Å². The Hall–Kier alpha value is -4.35. The molecule has 0 unspecified atom stereocenters. The fraction of sp³-hybridized carbons (Fsp3) is 0.333. The first-order valence-electron chi connectivity index (χ1n) is 12.2. The average molecular weight is 600 g/mol. The van der Waals surface area contributed by atoms with Crippen LogP contribution >= 0.6 is 23.1 Å². The van der Waals surface area contributed by atoms with Crippen LogP contribution in [0.2, 0.25) is 0 Å². The number of carbonyl (C=O) groups excluding carboxylic acids is 3. The number of aryl methyl sites for hydroxylation is 1. The predicted molar refractivity (Wildman–Crippen MR) is 145 cm³/mol. The Balaban J connectivity index is 1.34. The Morgan fingerprint density at radius 3 is 2.88 bits per heavy atom. The molecule has 0 saturated carbocycles. The van der Waals surface area contributed by atoms with Crippen LogP contribution in [0.4, 0.5) is 5.13 Å². The van der Waals surface area contributed by atoms with Crippen molar-refractivity contribution in [3.05, 3.63) is 52.7 Å². The van der Waals surface area contributed by atoms with Crippen LogP contribution in [0, 0.1) is 6.92 Å². The molecule has 3 aromatic heterocycles. The number of fused-ring (bicyclic) bond motifs is 1. The summed E-state index contributed by atoms with van der Waals surface area (Å²) >= 11 is 2.44. The van der Waals surface area contributed by atoms with Gasteiger partial charge in [0, 0.05) is 22.8 Å². The number of aromatic nitrogens is 5. The van der Waals surface area contributed by atoms with E-state index in [2.05, 4.69) is 25.5 Å². The smallest absolute Gasteiger partial charge is 0.276 e. The van der Waals surface area contributed by atoms with Crippen molar-refractivity contribution in [2.45, 2.75) is 31.4 Å². The number of pyridine rings is 1. The Morgan fingerprint density at radius 1 is 1.39 bits per heavy atom. The summed E-state index contributed by atoms with van der Waals surface area (Å²) in [5.74, 6) is -1.39. The molecule has 1 saturated heterocycles. The molecule has 4 N–H and O–H groups in total. The lowest BCUT2D eigenvalue weighted by atomic mass is 10.0. The van der Waals surface area contributed by atoms with Crippen molar-refractivity contribution >= 4 is 51.7 Å². The molecule has 0 bridgehead atoms. The van der Waals surface area contributed by atoms with Crippen molar-refractivity contribution in [1.29, 1.82) is 0 Å². The maximum atomic E-state index is 13.1. The third kappa shape index (κ3) is 5.50. The summed E-state index contributed by atoms with van der Waals surface area (Å²) in [7, 11) is 1.27. The summed E-state index contributed by atoms with van der Waals surface area (Å²) in [4.78, 5) is 52.7. The van der Waals surface area contributed by atoms with Crippen LogP contribution in [-0.2, 0) is 32.3 Å². The zero-order valence-electron chi connectivity index (χ0n) is 21.9. The zero-order chi connectivity index (χ0) is 29.3. The van der Waals surface area contributed by atoms with Gasteiger partial charge in [-0.2, -0.15) is 5.10 Å². The normalized spacial score (nSPS) is 18.7. The Labute approximate surface area is 241 Å². The van der Waals surface area contributed by atoms with Crippen LogP contribution in [0.3, 0.4) is 0 Å². The van der Waals surface area contributed by atoms with Crippen LogP contribution in [0.1, 0.15) is 11.5 Å². The van der Waals surface area contributed by atoms with Crippen LogP contribution < -0.4 is 20.7 Å². The average Bonchev–Trinajstić information content (AvgIpc) is 3.55. The molecule has 15 nitrogen and oxygen atoms in total. The van der Waals surface area contributed by atoms with Gasteiger partial charge in [0.25, 0.3) is 11.8 Å². The Kier molecular flexibility index (Phi) is 8.00. The summed E-state index contributed by atoms with van der Waals surface area (Å²) in [5.41, 5.74) is 6.64. The van der Waals surface area contributed by atoms with E-state index in [1.807, 2.05) is 6.07 Å². The van der Waals surface area contributed by atoms with Crippen LogP contribution in [-0.4, -0.2) is 84.1 Å². The van der Waals surface area contributed by atoms with Crippen LogP contribution in [0.15, 0.2) is 46.3 Å². The van der Waals surface area contributed by atoms with E-state index in [1.165, 1.54) is 24.3 Å². The number of nitrogens with one attached hydrogen (secondary N) is 1. The number of thiazole rings is 1. The number of thioether (sulfide) groups is 1. The number of aliphatic carboxylic acids is 1. The zero-order valence-corrected chi connectivity index (χ0v) is 23.5. The van der Waals surface area contributed by atoms with Crippen molar-refractivity contribution in [1.82, 2.24) is 30.0 Å². The van der Waals surface area contributed by atoms with Crippen LogP contribution in [0.5, 0.6) is 0 Å². The third-order valence-corrected chi connectivity index (χ3v) is 8.36. The van der Waals surface area contributed by atoms with E-state index in [0.29, 0.717) is 29.3 Å². The van der Waals surface area contributed by atoms with Crippen molar-refractivity contribution in [2.75, 3.05) is 25.2 Å². The van der Waals surface area contributed by atoms with Gasteiger partial charge in [0.05, 0.1) is 30.4 Å². The molecule has 17 heteroatoms. The van der Waals surface area contributed by atoms with Crippen molar-refractivity contribution in [3.8, 4) is 11.4 Å². The van der Waals surface area contributed by atoms with E-state index < -0.39 is 29.2 Å². The number of nitrogens with zero attached hydrogens (tertiary/aromatic N) is 7. The highest BCUT2D eigenvalue weighted by Gasteiger charge is 2.53. The number of nitrogens with two attached hydrogens (primary N) is 1. The molecule has 0 aromatic carbocycles. The second-order valence-electron chi connectivity index (χ2n) is 8.99. The summed E-state index contributed by atoms with van der Waals surface area (Å²) < 4.78 is 3.37. The first-order chi connectivity index (χ1) is 19.7. The molecule has 5 heterocycles. The van der Waals surface area contributed by atoms with Gasteiger partial charge >= 0.3 is 0 Å². The van der Waals surface area contributed by atoms with Crippen molar-refractivity contribution < 1.29 is 34.0 Å². The summed E-state index contributed by atoms with van der Waals surface area (Å²) in [6, 6.07) is 2.62. The maximum Gasteiger partial charge on any atom is 0.276 e. The van der Waals surface area contributed by atoms with Gasteiger partial charge in [0.2, 0.25) is 0 Å². The number of anilines is 1. The molecule has 2 aliphatic rings. The van der Waals surface area contributed by atoms with E-state index in [-0.39, 0.29) is 41.1 Å². The summed E-state index contributed by atoms with van der Waals surface area (Å²) in [6.45, 7) is 2.20. The quantitative estimate of drug-likeness (QED) is 0.101. The SMILES string of the molecule is CO/N=C(/C(=O)N[C@@H]1C(=O)N2C(C(=O)[O-])=C(C[n+]3cccc(-c4nc(C)n(CCO)n4)c3)CS[C@H]12)c1csc(N)n1. The fourth-order valence-electron chi connectivity index (χ4n) is 4.52. The fourth-order valence-corrected chi connectivity index (χ4v) is 6.40. The van der Waals surface area contributed by atoms with Crippen molar-refractivity contribution in [2.24, 2.45) is 5.16 Å². The number of carbonyl (C=O) groups is 3. The molecule has 5 rings (SSSR count). The first kappa shape index (κ1) is 28.2. The number of rotatable bonds is 10. The number of β-lactam (4-membered cyclic amide) rings is 1. The molecule has 1 fully saturated rings. The standard InChI is InChI=1S/C24H25N9O6S2/c1-12-26-19(29-32(12)6-7-34)13-4-3-5-31(8-13)9-14-10-40-22-17(21(36)33(22)18(14)23(37)38)28-20(35)16(30-39-2)15-11-41-24(25)27-15/h3-5,8,11,17,22,34H,6-7,9-10H2,1-2H3,(H3-,25,27,28,35,37,38)/b30-16+/t17-,22-/m1/s1. The number of carboxylic acid groups (broad SMARTS) is 1. The van der Waals surface area contributed by atoms with Crippen molar-refractivity contribution in [3.63, 3.8) is 0 Å². The number of hydrogen-bond acceptors (Lipinski definition) is 13. The third-order valence-electron chi connectivity index (χ3n) is 6.35. The number of aliphatic hydroxyl groups is 1. The number of nitrogen functional groups attached to an aromatic ring is 1. The Bertz CT molecular complexity index is 1580. The van der Waals surface area contributed by atoms with Gasteiger partial charge in [-0.3, -0.25) is 14.5 Å². The van der Waals surface area contributed by atoms with Crippen LogP contribution in [0.25, 0.3) is 11.4 Å². The molecule has 2 amide bonds. The highest BCUT2D eigenvalue weighted by molar-refractivity contribution is 8.00.